The van der Waals surface area contributed by atoms with Crippen molar-refractivity contribution >= 4 is 27.5 Å². The summed E-state index contributed by atoms with van der Waals surface area (Å²) >= 11 is 0. The van der Waals surface area contributed by atoms with E-state index in [4.69, 9.17) is 4.52 Å². The monoisotopic (exact) mass is 496 g/mol. The summed E-state index contributed by atoms with van der Waals surface area (Å²) in [5.41, 5.74) is 2.67. The van der Waals surface area contributed by atoms with E-state index in [1.807, 2.05) is 13.0 Å². The number of aryl methyl sites for hydroxylation is 3. The molecule has 0 atom stereocenters. The van der Waals surface area contributed by atoms with Gasteiger partial charge in [-0.2, -0.15) is 4.31 Å². The minimum absolute atomic E-state index is 0.0922. The van der Waals surface area contributed by atoms with Crippen LogP contribution in [-0.4, -0.2) is 60.8 Å². The third-order valence-corrected chi connectivity index (χ3v) is 8.22. The molecule has 3 aromatic rings. The van der Waals surface area contributed by atoms with Crippen molar-refractivity contribution in [3.05, 3.63) is 76.7 Å². The third-order valence-electron chi connectivity index (χ3n) is 6.08. The van der Waals surface area contributed by atoms with Crippen molar-refractivity contribution in [1.82, 2.24) is 14.4 Å². The molecule has 2 aromatic carbocycles. The number of nitrogens with zero attached hydrogens (tertiary/aromatic N) is 3. The van der Waals surface area contributed by atoms with Crippen molar-refractivity contribution < 1.29 is 22.5 Å². The number of anilines is 1. The van der Waals surface area contributed by atoms with Crippen LogP contribution in [0.15, 0.2) is 57.9 Å². The van der Waals surface area contributed by atoms with Crippen LogP contribution in [0.3, 0.4) is 0 Å². The first-order valence-corrected chi connectivity index (χ1v) is 12.8. The lowest BCUT2D eigenvalue weighted by atomic mass is 10.1. The van der Waals surface area contributed by atoms with Gasteiger partial charge in [-0.1, -0.05) is 29.4 Å². The van der Waals surface area contributed by atoms with Gasteiger partial charge in [0.2, 0.25) is 10.0 Å². The van der Waals surface area contributed by atoms with Crippen molar-refractivity contribution in [3.8, 4) is 0 Å². The highest BCUT2D eigenvalue weighted by Crippen LogP contribution is 2.25. The summed E-state index contributed by atoms with van der Waals surface area (Å²) < 4.78 is 32.8. The Hall–Kier alpha value is -3.50. The first-order valence-electron chi connectivity index (χ1n) is 11.4. The van der Waals surface area contributed by atoms with E-state index >= 15 is 0 Å². The van der Waals surface area contributed by atoms with Crippen LogP contribution in [0.5, 0.6) is 0 Å². The molecule has 1 aromatic heterocycles. The average molecular weight is 497 g/mol. The summed E-state index contributed by atoms with van der Waals surface area (Å²) in [6.07, 6.45) is 0.498. The summed E-state index contributed by atoms with van der Waals surface area (Å²) in [4.78, 5) is 27.6. The van der Waals surface area contributed by atoms with Crippen molar-refractivity contribution in [1.29, 1.82) is 0 Å². The molecule has 1 N–H and O–H groups in total. The molecular weight excluding hydrogens is 468 g/mol. The maximum Gasteiger partial charge on any atom is 0.255 e. The van der Waals surface area contributed by atoms with Gasteiger partial charge in [0.1, 0.15) is 10.6 Å². The molecule has 0 aliphatic carbocycles. The number of rotatable bonds is 5. The van der Waals surface area contributed by atoms with E-state index in [1.54, 1.807) is 61.2 Å². The van der Waals surface area contributed by atoms with Crippen LogP contribution >= 0.6 is 0 Å². The zero-order valence-corrected chi connectivity index (χ0v) is 20.8. The number of carbonyl (C=O) groups is 2. The van der Waals surface area contributed by atoms with Crippen LogP contribution in [0.1, 0.15) is 44.2 Å². The van der Waals surface area contributed by atoms with E-state index in [9.17, 15) is 18.0 Å². The molecule has 0 spiro atoms. The maximum absolute atomic E-state index is 13.3. The zero-order chi connectivity index (χ0) is 25.2. The van der Waals surface area contributed by atoms with Crippen molar-refractivity contribution in [2.24, 2.45) is 0 Å². The molecule has 35 heavy (non-hydrogen) atoms. The largest absolute Gasteiger partial charge is 0.360 e. The molecule has 0 unspecified atom stereocenters. The molecule has 1 aliphatic heterocycles. The van der Waals surface area contributed by atoms with E-state index < -0.39 is 10.0 Å². The summed E-state index contributed by atoms with van der Waals surface area (Å²) in [6.45, 7) is 6.17. The second kappa shape index (κ2) is 10.0. The smallest absolute Gasteiger partial charge is 0.255 e. The summed E-state index contributed by atoms with van der Waals surface area (Å²) in [6, 6.07) is 14.0. The SMILES string of the molecule is Cc1ccc(C(=O)N2CCCN(S(=O)(=O)c3c(C)noc3C)CC2)cc1NC(=O)c1ccccc1. The van der Waals surface area contributed by atoms with Gasteiger partial charge in [0, 0.05) is 43.0 Å². The average Bonchev–Trinajstić information content (AvgIpc) is 3.03. The Kier molecular flexibility index (Phi) is 7.04. The van der Waals surface area contributed by atoms with Crippen LogP contribution < -0.4 is 5.32 Å². The molecule has 184 valence electrons. The van der Waals surface area contributed by atoms with Gasteiger partial charge in [-0.3, -0.25) is 9.59 Å². The minimum Gasteiger partial charge on any atom is -0.360 e. The second-order valence-electron chi connectivity index (χ2n) is 8.55. The van der Waals surface area contributed by atoms with E-state index in [1.165, 1.54) is 4.31 Å². The molecule has 2 heterocycles. The molecule has 2 amide bonds. The van der Waals surface area contributed by atoms with Crippen LogP contribution in [0.25, 0.3) is 0 Å². The number of hydrogen-bond acceptors (Lipinski definition) is 6. The van der Waals surface area contributed by atoms with E-state index in [0.717, 1.165) is 5.56 Å². The zero-order valence-electron chi connectivity index (χ0n) is 19.9. The fourth-order valence-electron chi connectivity index (χ4n) is 4.17. The van der Waals surface area contributed by atoms with Gasteiger partial charge >= 0.3 is 0 Å². The van der Waals surface area contributed by atoms with Crippen LogP contribution in [0.4, 0.5) is 5.69 Å². The number of amides is 2. The molecular formula is C25H28N4O5S. The van der Waals surface area contributed by atoms with Gasteiger partial charge in [0.25, 0.3) is 11.8 Å². The fraction of sp³-hybridized carbons (Fsp3) is 0.320. The molecule has 4 rings (SSSR count). The summed E-state index contributed by atoms with van der Waals surface area (Å²) in [5, 5.41) is 6.64. The predicted molar refractivity (Wildman–Crippen MR) is 131 cm³/mol. The lowest BCUT2D eigenvalue weighted by molar-refractivity contribution is 0.0764. The van der Waals surface area contributed by atoms with E-state index in [2.05, 4.69) is 10.5 Å². The Morgan fingerprint density at radius 2 is 1.69 bits per heavy atom. The minimum atomic E-state index is -3.78. The molecule has 10 heteroatoms. The van der Waals surface area contributed by atoms with Crippen molar-refractivity contribution in [3.63, 3.8) is 0 Å². The molecule has 0 bridgehead atoms. The normalized spacial score (nSPS) is 15.0. The van der Waals surface area contributed by atoms with Gasteiger partial charge in [0.15, 0.2) is 5.76 Å². The first kappa shape index (κ1) is 24.6. The lowest BCUT2D eigenvalue weighted by Crippen LogP contribution is -2.37. The maximum atomic E-state index is 13.3. The van der Waals surface area contributed by atoms with Crippen LogP contribution in [0.2, 0.25) is 0 Å². The Balaban J connectivity index is 1.48. The molecule has 1 fully saturated rings. The second-order valence-corrected chi connectivity index (χ2v) is 10.4. The molecule has 0 saturated carbocycles. The standard InChI is InChI=1S/C25H28N4O5S/c1-17-10-11-21(16-22(17)26-24(30)20-8-5-4-6-9-20)25(31)28-12-7-13-29(15-14-28)35(32,33)23-18(2)27-34-19(23)3/h4-6,8-11,16H,7,12-15H2,1-3H3,(H,26,30). The third kappa shape index (κ3) is 5.13. The molecule has 1 saturated heterocycles. The number of hydrogen-bond donors (Lipinski definition) is 1. The number of benzene rings is 2. The fourth-order valence-corrected chi connectivity index (χ4v) is 5.93. The summed E-state index contributed by atoms with van der Waals surface area (Å²) in [5.74, 6) is -0.213. The van der Waals surface area contributed by atoms with Gasteiger partial charge in [0.05, 0.1) is 0 Å². The Morgan fingerprint density at radius 3 is 2.37 bits per heavy atom. The topological polar surface area (TPSA) is 113 Å². The van der Waals surface area contributed by atoms with E-state index in [-0.39, 0.29) is 35.6 Å². The Labute approximate surface area is 204 Å². The van der Waals surface area contributed by atoms with Gasteiger partial charge in [-0.05, 0) is 57.0 Å². The van der Waals surface area contributed by atoms with Crippen LogP contribution in [-0.2, 0) is 10.0 Å². The highest BCUT2D eigenvalue weighted by Gasteiger charge is 2.33. The van der Waals surface area contributed by atoms with Crippen molar-refractivity contribution in [2.45, 2.75) is 32.1 Å². The van der Waals surface area contributed by atoms with Crippen molar-refractivity contribution in [2.75, 3.05) is 31.5 Å². The molecule has 0 radical (unpaired) electrons. The highest BCUT2D eigenvalue weighted by atomic mass is 32.2. The van der Waals surface area contributed by atoms with Crippen LogP contribution in [0, 0.1) is 20.8 Å². The number of aromatic nitrogens is 1. The van der Waals surface area contributed by atoms with Gasteiger partial charge in [-0.25, -0.2) is 8.42 Å². The van der Waals surface area contributed by atoms with Gasteiger partial charge in [-0.15, -0.1) is 0 Å². The molecule has 1 aliphatic rings. The molecule has 9 nitrogen and oxygen atoms in total. The lowest BCUT2D eigenvalue weighted by Gasteiger charge is -2.22. The Bertz CT molecular complexity index is 1330. The quantitative estimate of drug-likeness (QED) is 0.579. The predicted octanol–water partition coefficient (Wildman–Crippen LogP) is 3.39. The highest BCUT2D eigenvalue weighted by molar-refractivity contribution is 7.89. The number of nitrogens with one attached hydrogen (secondary N) is 1. The first-order chi connectivity index (χ1) is 16.7. The Morgan fingerprint density at radius 1 is 0.943 bits per heavy atom. The van der Waals surface area contributed by atoms with E-state index in [0.29, 0.717) is 42.0 Å². The van der Waals surface area contributed by atoms with Gasteiger partial charge < -0.3 is 14.7 Å². The summed E-state index contributed by atoms with van der Waals surface area (Å²) in [7, 11) is -3.78. The number of carbonyl (C=O) groups excluding carboxylic acids is 2. The number of sulfonamides is 1.